The third kappa shape index (κ3) is 5.45. The maximum atomic E-state index is 12.1. The number of hydrogen-bond donors (Lipinski definition) is 3. The van der Waals surface area contributed by atoms with Crippen LogP contribution in [0.4, 0.5) is 5.69 Å². The summed E-state index contributed by atoms with van der Waals surface area (Å²) in [6.45, 7) is 1.75. The van der Waals surface area contributed by atoms with Crippen LogP contribution in [0, 0.1) is 0 Å². The van der Waals surface area contributed by atoms with Gasteiger partial charge in [0.25, 0.3) is 5.91 Å². The highest BCUT2D eigenvalue weighted by molar-refractivity contribution is 6.30. The number of carbonyl (C=O) groups excluding carboxylic acids is 2. The van der Waals surface area contributed by atoms with E-state index in [9.17, 15) is 9.59 Å². The van der Waals surface area contributed by atoms with Crippen LogP contribution >= 0.6 is 24.0 Å². The summed E-state index contributed by atoms with van der Waals surface area (Å²) in [5.41, 5.74) is 0.933. The van der Waals surface area contributed by atoms with E-state index in [0.29, 0.717) is 16.4 Å². The predicted molar refractivity (Wildman–Crippen MR) is 103 cm³/mol. The normalized spacial score (nSPS) is 16.4. The number of piperidine rings is 1. The van der Waals surface area contributed by atoms with Gasteiger partial charge in [0.15, 0.2) is 0 Å². The van der Waals surface area contributed by atoms with E-state index in [-0.39, 0.29) is 36.8 Å². The highest BCUT2D eigenvalue weighted by atomic mass is 35.5. The molecule has 0 radical (unpaired) electrons. The van der Waals surface area contributed by atoms with Crippen LogP contribution in [0.3, 0.4) is 0 Å². The van der Waals surface area contributed by atoms with Crippen molar-refractivity contribution in [2.75, 3.05) is 25.0 Å². The number of carbonyl (C=O) groups is 2. The van der Waals surface area contributed by atoms with E-state index in [4.69, 9.17) is 11.6 Å². The molecule has 0 saturated carbocycles. The molecule has 3 N–H and O–H groups in total. The van der Waals surface area contributed by atoms with Crippen molar-refractivity contribution in [1.29, 1.82) is 0 Å². The minimum absolute atomic E-state index is 0. The molecular weight excluding hydrogens is 377 g/mol. The lowest BCUT2D eigenvalue weighted by Gasteiger charge is -2.22. The molecule has 2 aromatic rings. The van der Waals surface area contributed by atoms with Crippen LogP contribution in [-0.2, 0) is 4.79 Å². The Hall–Kier alpha value is -2.09. The molecule has 1 saturated heterocycles. The zero-order chi connectivity index (χ0) is 17.6. The van der Waals surface area contributed by atoms with Gasteiger partial charge in [0.05, 0.1) is 12.6 Å². The first-order valence-corrected chi connectivity index (χ1v) is 8.59. The van der Waals surface area contributed by atoms with Gasteiger partial charge in [-0.05, 0) is 49.7 Å². The fraction of sp³-hybridized carbons (Fsp3) is 0.353. The molecule has 3 rings (SSSR count). The zero-order valence-corrected chi connectivity index (χ0v) is 15.6. The Morgan fingerprint density at radius 1 is 1.27 bits per heavy atom. The standard InChI is InChI=1S/C17H20ClN5O2.ClH/c18-12-3-5-13(6-4-12)21-16(24)11-20-17(25)15-7-9-23(22-15)14-2-1-8-19-10-14;/h3-7,9,14,19H,1-2,8,10-11H2,(H,20,25)(H,21,24);1H. The number of amides is 2. The number of aromatic nitrogens is 2. The van der Waals surface area contributed by atoms with E-state index in [1.54, 1.807) is 36.5 Å². The minimum atomic E-state index is -0.367. The smallest absolute Gasteiger partial charge is 0.272 e. The molecule has 1 atom stereocenters. The monoisotopic (exact) mass is 397 g/mol. The van der Waals surface area contributed by atoms with Gasteiger partial charge in [-0.15, -0.1) is 12.4 Å². The summed E-state index contributed by atoms with van der Waals surface area (Å²) >= 11 is 5.79. The van der Waals surface area contributed by atoms with Gasteiger partial charge in [-0.1, -0.05) is 11.6 Å². The zero-order valence-electron chi connectivity index (χ0n) is 14.1. The van der Waals surface area contributed by atoms with E-state index < -0.39 is 0 Å². The third-order valence-corrected chi connectivity index (χ3v) is 4.28. The third-order valence-electron chi connectivity index (χ3n) is 4.02. The Morgan fingerprint density at radius 2 is 2.04 bits per heavy atom. The Labute approximate surface area is 162 Å². The van der Waals surface area contributed by atoms with Crippen LogP contribution in [0.25, 0.3) is 0 Å². The van der Waals surface area contributed by atoms with E-state index in [1.807, 2.05) is 4.68 Å². The molecule has 2 heterocycles. The quantitative estimate of drug-likeness (QED) is 0.721. The first-order valence-electron chi connectivity index (χ1n) is 8.21. The average molecular weight is 398 g/mol. The summed E-state index contributed by atoms with van der Waals surface area (Å²) in [5.74, 6) is -0.680. The first-order chi connectivity index (χ1) is 12.1. The second kappa shape index (κ2) is 9.56. The molecule has 1 unspecified atom stereocenters. The molecular formula is C17H21Cl2N5O2. The van der Waals surface area contributed by atoms with E-state index in [1.165, 1.54) is 0 Å². The minimum Gasteiger partial charge on any atom is -0.342 e. The number of halogens is 2. The lowest BCUT2D eigenvalue weighted by atomic mass is 10.1. The Bertz CT molecular complexity index is 742. The lowest BCUT2D eigenvalue weighted by Crippen LogP contribution is -2.34. The molecule has 1 aromatic carbocycles. The SMILES string of the molecule is Cl.O=C(CNC(=O)c1ccn(C2CCCNC2)n1)Nc1ccc(Cl)cc1. The summed E-state index contributed by atoms with van der Waals surface area (Å²) in [6.07, 6.45) is 3.94. The number of nitrogens with zero attached hydrogens (tertiary/aromatic N) is 2. The van der Waals surface area contributed by atoms with Crippen molar-refractivity contribution in [2.24, 2.45) is 0 Å². The average Bonchev–Trinajstić information content (AvgIpc) is 3.13. The van der Waals surface area contributed by atoms with Gasteiger partial charge in [0.1, 0.15) is 5.69 Å². The number of hydrogen-bond acceptors (Lipinski definition) is 4. The topological polar surface area (TPSA) is 88.1 Å². The molecule has 0 bridgehead atoms. The van der Waals surface area contributed by atoms with Crippen LogP contribution in [0.1, 0.15) is 29.4 Å². The maximum absolute atomic E-state index is 12.1. The predicted octanol–water partition coefficient (Wildman–Crippen LogP) is 2.25. The van der Waals surface area contributed by atoms with Crippen molar-refractivity contribution < 1.29 is 9.59 Å². The van der Waals surface area contributed by atoms with Crippen LogP contribution in [0.2, 0.25) is 5.02 Å². The molecule has 2 amide bonds. The summed E-state index contributed by atoms with van der Waals surface area (Å²) in [4.78, 5) is 24.0. The second-order valence-electron chi connectivity index (χ2n) is 5.92. The largest absolute Gasteiger partial charge is 0.342 e. The number of benzene rings is 1. The molecule has 9 heteroatoms. The van der Waals surface area contributed by atoms with Gasteiger partial charge in [0.2, 0.25) is 5.91 Å². The molecule has 1 fully saturated rings. The molecule has 0 spiro atoms. The van der Waals surface area contributed by atoms with Crippen LogP contribution in [0.15, 0.2) is 36.5 Å². The van der Waals surface area contributed by atoms with Crippen LogP contribution < -0.4 is 16.0 Å². The molecule has 1 aromatic heterocycles. The van der Waals surface area contributed by atoms with Crippen molar-refractivity contribution in [3.8, 4) is 0 Å². The second-order valence-corrected chi connectivity index (χ2v) is 6.36. The van der Waals surface area contributed by atoms with Gasteiger partial charge < -0.3 is 16.0 Å². The number of rotatable bonds is 5. The molecule has 1 aliphatic heterocycles. The van der Waals surface area contributed by atoms with Gasteiger partial charge in [-0.25, -0.2) is 0 Å². The van der Waals surface area contributed by atoms with E-state index in [0.717, 1.165) is 25.9 Å². The van der Waals surface area contributed by atoms with Crippen LogP contribution in [0.5, 0.6) is 0 Å². The maximum Gasteiger partial charge on any atom is 0.272 e. The molecule has 26 heavy (non-hydrogen) atoms. The Balaban J connectivity index is 0.00000243. The fourth-order valence-electron chi connectivity index (χ4n) is 2.71. The van der Waals surface area contributed by atoms with Gasteiger partial charge >= 0.3 is 0 Å². The Morgan fingerprint density at radius 3 is 2.73 bits per heavy atom. The first kappa shape index (κ1) is 20.2. The van der Waals surface area contributed by atoms with Crippen molar-refractivity contribution in [3.63, 3.8) is 0 Å². The Kier molecular flexibility index (Phi) is 7.44. The summed E-state index contributed by atoms with van der Waals surface area (Å²) in [7, 11) is 0. The molecule has 7 nitrogen and oxygen atoms in total. The van der Waals surface area contributed by atoms with Crippen LogP contribution in [-0.4, -0.2) is 41.2 Å². The van der Waals surface area contributed by atoms with Gasteiger partial charge in [-0.2, -0.15) is 5.10 Å². The van der Waals surface area contributed by atoms with Crippen molar-refractivity contribution in [2.45, 2.75) is 18.9 Å². The molecule has 140 valence electrons. The van der Waals surface area contributed by atoms with Crippen molar-refractivity contribution in [3.05, 3.63) is 47.2 Å². The molecule has 1 aliphatic rings. The van der Waals surface area contributed by atoms with Gasteiger partial charge in [0, 0.05) is 23.5 Å². The highest BCUT2D eigenvalue weighted by Gasteiger charge is 2.18. The fourth-order valence-corrected chi connectivity index (χ4v) is 2.84. The summed E-state index contributed by atoms with van der Waals surface area (Å²) < 4.78 is 1.81. The van der Waals surface area contributed by atoms with Crippen molar-refractivity contribution >= 4 is 41.5 Å². The summed E-state index contributed by atoms with van der Waals surface area (Å²) in [5, 5.41) is 13.5. The number of anilines is 1. The van der Waals surface area contributed by atoms with E-state index in [2.05, 4.69) is 21.0 Å². The molecule has 0 aliphatic carbocycles. The van der Waals surface area contributed by atoms with Gasteiger partial charge in [-0.3, -0.25) is 14.3 Å². The summed E-state index contributed by atoms with van der Waals surface area (Å²) in [6, 6.07) is 8.69. The van der Waals surface area contributed by atoms with Crippen molar-refractivity contribution in [1.82, 2.24) is 20.4 Å². The number of nitrogens with one attached hydrogen (secondary N) is 3. The highest BCUT2D eigenvalue weighted by Crippen LogP contribution is 2.16. The lowest BCUT2D eigenvalue weighted by molar-refractivity contribution is -0.115. The van der Waals surface area contributed by atoms with E-state index >= 15 is 0 Å².